The molecule has 0 saturated carbocycles. The van der Waals surface area contributed by atoms with Crippen LogP contribution in [0, 0.1) is 6.92 Å². The van der Waals surface area contributed by atoms with Crippen molar-refractivity contribution in [1.29, 1.82) is 0 Å². The van der Waals surface area contributed by atoms with Crippen LogP contribution in [0.3, 0.4) is 0 Å². The lowest BCUT2D eigenvalue weighted by Crippen LogP contribution is -2.41. The van der Waals surface area contributed by atoms with E-state index in [2.05, 4.69) is 56.6 Å². The SMILES string of the molecule is Cc1ccccc1N1C[C@@](O)(c2ccc(Br)cc2)[N+]2=C1SCCC2. The van der Waals surface area contributed by atoms with E-state index >= 15 is 0 Å². The summed E-state index contributed by atoms with van der Waals surface area (Å²) >= 11 is 5.33. The summed E-state index contributed by atoms with van der Waals surface area (Å²) in [6.07, 6.45) is 1.09. The highest BCUT2D eigenvalue weighted by Gasteiger charge is 2.53. The van der Waals surface area contributed by atoms with Crippen molar-refractivity contribution in [1.82, 2.24) is 0 Å². The summed E-state index contributed by atoms with van der Waals surface area (Å²) in [5.74, 6) is 1.10. The van der Waals surface area contributed by atoms with Crippen molar-refractivity contribution in [2.75, 3.05) is 23.7 Å². The predicted octanol–water partition coefficient (Wildman–Crippen LogP) is 3.93. The third-order valence-electron chi connectivity index (χ3n) is 4.76. The van der Waals surface area contributed by atoms with Crippen LogP contribution in [0.5, 0.6) is 0 Å². The number of amidine groups is 1. The summed E-state index contributed by atoms with van der Waals surface area (Å²) in [5.41, 5.74) is 2.38. The maximum atomic E-state index is 11.6. The zero-order chi connectivity index (χ0) is 16.7. The maximum absolute atomic E-state index is 11.6. The lowest BCUT2D eigenvalue weighted by atomic mass is 10.0. The van der Waals surface area contributed by atoms with Crippen LogP contribution in [0.25, 0.3) is 0 Å². The number of β-amino-alcohol motifs (C(OH)–C–C–N with tert-alkyl or cyclic N) is 1. The topological polar surface area (TPSA) is 26.5 Å². The molecule has 1 N–H and O–H groups in total. The van der Waals surface area contributed by atoms with E-state index in [9.17, 15) is 5.11 Å². The minimum absolute atomic E-state index is 0.557. The Hall–Kier alpha value is -1.30. The molecule has 0 radical (unpaired) electrons. The lowest BCUT2D eigenvalue weighted by Gasteiger charge is -2.24. The van der Waals surface area contributed by atoms with Crippen molar-refractivity contribution in [2.45, 2.75) is 19.1 Å². The van der Waals surface area contributed by atoms with Gasteiger partial charge >= 0.3 is 5.17 Å². The summed E-state index contributed by atoms with van der Waals surface area (Å²) in [6.45, 7) is 3.57. The van der Waals surface area contributed by atoms with Gasteiger partial charge in [0.15, 0.2) is 6.54 Å². The molecule has 0 amide bonds. The fourth-order valence-corrected chi connectivity index (χ4v) is 4.96. The van der Waals surface area contributed by atoms with Crippen molar-refractivity contribution < 1.29 is 9.68 Å². The molecule has 0 bridgehead atoms. The second-order valence-electron chi connectivity index (χ2n) is 6.33. The number of aryl methyl sites for hydroxylation is 1. The van der Waals surface area contributed by atoms with Crippen LogP contribution < -0.4 is 4.90 Å². The van der Waals surface area contributed by atoms with E-state index in [0.29, 0.717) is 6.54 Å². The number of aliphatic hydroxyl groups is 1. The molecule has 4 rings (SSSR count). The van der Waals surface area contributed by atoms with Gasteiger partial charge < -0.3 is 5.11 Å². The van der Waals surface area contributed by atoms with E-state index in [-0.39, 0.29) is 0 Å². The zero-order valence-corrected chi connectivity index (χ0v) is 16.0. The minimum Gasteiger partial charge on any atom is -0.346 e. The molecule has 24 heavy (non-hydrogen) atoms. The van der Waals surface area contributed by atoms with E-state index in [0.717, 1.165) is 28.8 Å². The Bertz CT molecular complexity index is 805. The molecule has 0 aliphatic carbocycles. The number of nitrogens with zero attached hydrogens (tertiary/aromatic N) is 2. The fraction of sp³-hybridized carbons (Fsp3) is 0.316. The Morgan fingerprint density at radius 3 is 2.67 bits per heavy atom. The molecule has 2 aromatic rings. The number of benzene rings is 2. The van der Waals surface area contributed by atoms with Crippen LogP contribution in [-0.4, -0.2) is 33.7 Å². The lowest BCUT2D eigenvalue weighted by molar-refractivity contribution is -0.656. The van der Waals surface area contributed by atoms with Crippen LogP contribution >= 0.6 is 27.7 Å². The van der Waals surface area contributed by atoms with Gasteiger partial charge in [0, 0.05) is 15.8 Å². The van der Waals surface area contributed by atoms with Gasteiger partial charge in [-0.05, 0) is 48.9 Å². The highest BCUT2D eigenvalue weighted by atomic mass is 79.9. The van der Waals surface area contributed by atoms with Crippen LogP contribution in [-0.2, 0) is 5.72 Å². The number of rotatable bonds is 2. The molecule has 1 atom stereocenters. The molecule has 5 heteroatoms. The van der Waals surface area contributed by atoms with Crippen LogP contribution in [0.2, 0.25) is 0 Å². The number of anilines is 1. The first kappa shape index (κ1) is 16.2. The van der Waals surface area contributed by atoms with Gasteiger partial charge in [0.25, 0.3) is 5.72 Å². The number of hydrogen-bond acceptors (Lipinski definition) is 3. The van der Waals surface area contributed by atoms with Crippen LogP contribution in [0.15, 0.2) is 53.0 Å². The van der Waals surface area contributed by atoms with Crippen LogP contribution in [0.1, 0.15) is 17.5 Å². The van der Waals surface area contributed by atoms with Crippen molar-refractivity contribution in [3.63, 3.8) is 0 Å². The average molecular weight is 404 g/mol. The summed E-state index contributed by atoms with van der Waals surface area (Å²) in [7, 11) is 0. The molecule has 0 saturated heterocycles. The number of halogens is 1. The molecule has 2 aliphatic heterocycles. The first-order valence-corrected chi connectivity index (χ1v) is 9.96. The van der Waals surface area contributed by atoms with Gasteiger partial charge in [-0.3, -0.25) is 0 Å². The Balaban J connectivity index is 1.82. The average Bonchev–Trinajstić information content (AvgIpc) is 2.90. The van der Waals surface area contributed by atoms with Crippen molar-refractivity contribution in [2.24, 2.45) is 0 Å². The van der Waals surface area contributed by atoms with E-state index in [1.54, 1.807) is 0 Å². The highest BCUT2D eigenvalue weighted by molar-refractivity contribution is 9.10. The van der Waals surface area contributed by atoms with E-state index in [1.807, 2.05) is 36.0 Å². The Kier molecular flexibility index (Phi) is 4.19. The monoisotopic (exact) mass is 403 g/mol. The number of para-hydroxylation sites is 1. The van der Waals surface area contributed by atoms with E-state index < -0.39 is 5.72 Å². The summed E-state index contributed by atoms with van der Waals surface area (Å²) in [5, 5.41) is 12.8. The Morgan fingerprint density at radius 1 is 1.17 bits per heavy atom. The molecule has 0 fully saturated rings. The highest BCUT2D eigenvalue weighted by Crippen LogP contribution is 2.38. The second kappa shape index (κ2) is 6.21. The van der Waals surface area contributed by atoms with Crippen LogP contribution in [0.4, 0.5) is 5.69 Å². The van der Waals surface area contributed by atoms with Gasteiger partial charge in [-0.1, -0.05) is 46.3 Å². The van der Waals surface area contributed by atoms with E-state index in [1.165, 1.54) is 16.4 Å². The normalized spacial score (nSPS) is 23.5. The molecule has 2 aliphatic rings. The molecule has 0 spiro atoms. The van der Waals surface area contributed by atoms with Crippen molar-refractivity contribution in [3.8, 4) is 0 Å². The van der Waals surface area contributed by atoms with Gasteiger partial charge in [0.1, 0.15) is 5.69 Å². The molecular weight excluding hydrogens is 384 g/mol. The number of thioether (sulfide) groups is 1. The summed E-state index contributed by atoms with van der Waals surface area (Å²) < 4.78 is 3.21. The summed E-state index contributed by atoms with van der Waals surface area (Å²) in [4.78, 5) is 2.28. The molecule has 124 valence electrons. The molecule has 3 nitrogen and oxygen atoms in total. The zero-order valence-electron chi connectivity index (χ0n) is 13.6. The first-order valence-electron chi connectivity index (χ1n) is 8.18. The maximum Gasteiger partial charge on any atom is 0.316 e. The summed E-state index contributed by atoms with van der Waals surface area (Å²) in [6, 6.07) is 16.4. The molecular formula is C19H20BrN2OS+. The van der Waals surface area contributed by atoms with Crippen molar-refractivity contribution in [3.05, 3.63) is 64.1 Å². The smallest absolute Gasteiger partial charge is 0.316 e. The van der Waals surface area contributed by atoms with Gasteiger partial charge in [-0.15, -0.1) is 0 Å². The first-order chi connectivity index (χ1) is 11.6. The third kappa shape index (κ3) is 2.59. The largest absolute Gasteiger partial charge is 0.346 e. The molecule has 0 aromatic heterocycles. The predicted molar refractivity (Wildman–Crippen MR) is 104 cm³/mol. The molecule has 2 heterocycles. The standard InChI is InChI=1S/C19H20BrN2OS/c1-14-5-2-3-6-17(14)21-13-19(23,15-7-9-16(20)10-8-15)22-11-4-12-24-18(21)22/h2-3,5-10,23H,4,11-13H2,1H3/q+1/t19-/m1/s1. The third-order valence-corrected chi connectivity index (χ3v) is 6.48. The van der Waals surface area contributed by atoms with E-state index in [4.69, 9.17) is 0 Å². The second-order valence-corrected chi connectivity index (χ2v) is 8.31. The van der Waals surface area contributed by atoms with Crippen molar-refractivity contribution >= 4 is 38.5 Å². The Labute approximate surface area is 155 Å². The van der Waals surface area contributed by atoms with Gasteiger partial charge in [-0.2, -0.15) is 0 Å². The van der Waals surface area contributed by atoms with Gasteiger partial charge in [0.05, 0.1) is 6.54 Å². The molecule has 2 aromatic carbocycles. The van der Waals surface area contributed by atoms with Gasteiger partial charge in [0.2, 0.25) is 0 Å². The number of hydrogen-bond donors (Lipinski definition) is 1. The Morgan fingerprint density at radius 2 is 1.92 bits per heavy atom. The fourth-order valence-electron chi connectivity index (χ4n) is 3.52. The van der Waals surface area contributed by atoms with Gasteiger partial charge in [-0.25, -0.2) is 9.48 Å². The molecule has 0 unspecified atom stereocenters. The quantitative estimate of drug-likeness (QED) is 0.769. The minimum atomic E-state index is -0.980.